The van der Waals surface area contributed by atoms with E-state index in [2.05, 4.69) is 16.6 Å². The van der Waals surface area contributed by atoms with Gasteiger partial charge in [-0.3, -0.25) is 0 Å². The predicted molar refractivity (Wildman–Crippen MR) is 67.4 cm³/mol. The van der Waals surface area contributed by atoms with E-state index in [4.69, 9.17) is 9.84 Å². The number of hydrogen-bond donors (Lipinski definition) is 1. The molecule has 0 atom stereocenters. The molecule has 6 heteroatoms. The molecule has 0 heterocycles. The fourth-order valence-corrected chi connectivity index (χ4v) is 1.31. The van der Waals surface area contributed by atoms with Crippen molar-refractivity contribution in [3.8, 4) is 17.6 Å². The molecular formula is C14H15F3O3. The van der Waals surface area contributed by atoms with E-state index in [1.165, 1.54) is 0 Å². The zero-order valence-electron chi connectivity index (χ0n) is 10.7. The second-order valence-electron chi connectivity index (χ2n) is 3.85. The number of benzene rings is 1. The third-order valence-corrected chi connectivity index (χ3v) is 2.13. The molecule has 0 radical (unpaired) electrons. The van der Waals surface area contributed by atoms with Gasteiger partial charge in [0, 0.05) is 12.0 Å². The number of alkyl halides is 3. The van der Waals surface area contributed by atoms with Crippen molar-refractivity contribution in [1.29, 1.82) is 0 Å². The van der Waals surface area contributed by atoms with E-state index >= 15 is 0 Å². The lowest BCUT2D eigenvalue weighted by Gasteiger charge is -2.08. The molecule has 3 nitrogen and oxygen atoms in total. The molecule has 0 saturated heterocycles. The van der Waals surface area contributed by atoms with Crippen molar-refractivity contribution in [2.24, 2.45) is 0 Å². The molecule has 20 heavy (non-hydrogen) atoms. The summed E-state index contributed by atoms with van der Waals surface area (Å²) in [5.41, 5.74) is 0.750. The maximum atomic E-state index is 11.8. The summed E-state index contributed by atoms with van der Waals surface area (Å²) in [7, 11) is 0. The number of halogens is 3. The fraction of sp³-hybridized carbons (Fsp3) is 0.429. The SMILES string of the molecule is OCC#Cc1ccc(OCCCOCC(F)(F)F)cc1. The lowest BCUT2D eigenvalue weighted by atomic mass is 10.2. The van der Waals surface area contributed by atoms with Gasteiger partial charge in [0.25, 0.3) is 0 Å². The standard InChI is InChI=1S/C14H15F3O3/c15-14(16,17)11-19-9-2-10-20-13-6-4-12(5-7-13)3-1-8-18/h4-7,18H,2,8-11H2. The fourth-order valence-electron chi connectivity index (χ4n) is 1.31. The number of rotatable bonds is 6. The van der Waals surface area contributed by atoms with Crippen LogP contribution >= 0.6 is 0 Å². The molecule has 110 valence electrons. The Hall–Kier alpha value is -1.71. The van der Waals surface area contributed by atoms with Gasteiger partial charge in [-0.2, -0.15) is 13.2 Å². The highest BCUT2D eigenvalue weighted by Gasteiger charge is 2.27. The zero-order valence-corrected chi connectivity index (χ0v) is 10.7. The van der Waals surface area contributed by atoms with Crippen LogP contribution in [0.15, 0.2) is 24.3 Å². The Morgan fingerprint density at radius 3 is 2.40 bits per heavy atom. The molecule has 1 aromatic rings. The highest BCUT2D eigenvalue weighted by molar-refractivity contribution is 5.38. The van der Waals surface area contributed by atoms with Gasteiger partial charge in [-0.15, -0.1) is 0 Å². The van der Waals surface area contributed by atoms with Crippen LogP contribution in [-0.2, 0) is 4.74 Å². The highest BCUT2D eigenvalue weighted by atomic mass is 19.4. The van der Waals surface area contributed by atoms with E-state index in [-0.39, 0.29) is 19.8 Å². The molecule has 0 aliphatic carbocycles. The first-order chi connectivity index (χ1) is 9.51. The van der Waals surface area contributed by atoms with Gasteiger partial charge in [-0.1, -0.05) is 11.8 Å². The van der Waals surface area contributed by atoms with Crippen LogP contribution in [0.2, 0.25) is 0 Å². The van der Waals surface area contributed by atoms with Gasteiger partial charge in [0.15, 0.2) is 0 Å². The Balaban J connectivity index is 2.19. The van der Waals surface area contributed by atoms with Crippen molar-refractivity contribution in [3.05, 3.63) is 29.8 Å². The van der Waals surface area contributed by atoms with Gasteiger partial charge in [0.1, 0.15) is 19.0 Å². The average Bonchev–Trinajstić information content (AvgIpc) is 2.40. The van der Waals surface area contributed by atoms with Gasteiger partial charge in [0.05, 0.1) is 13.2 Å². The minimum atomic E-state index is -4.29. The Labute approximate surface area is 115 Å². The molecule has 0 unspecified atom stereocenters. The van der Waals surface area contributed by atoms with Crippen LogP contribution in [0.25, 0.3) is 0 Å². The van der Waals surface area contributed by atoms with E-state index in [9.17, 15) is 13.2 Å². The molecule has 0 saturated carbocycles. The normalized spacial score (nSPS) is 10.8. The van der Waals surface area contributed by atoms with Crippen molar-refractivity contribution in [2.75, 3.05) is 26.4 Å². The van der Waals surface area contributed by atoms with E-state index in [0.717, 1.165) is 5.56 Å². The van der Waals surface area contributed by atoms with Crippen LogP contribution in [0.1, 0.15) is 12.0 Å². The second-order valence-corrected chi connectivity index (χ2v) is 3.85. The van der Waals surface area contributed by atoms with Gasteiger partial charge in [0.2, 0.25) is 0 Å². The Bertz CT molecular complexity index is 443. The predicted octanol–water partition coefficient (Wildman–Crippen LogP) is 2.38. The first-order valence-corrected chi connectivity index (χ1v) is 5.98. The summed E-state index contributed by atoms with van der Waals surface area (Å²) in [6, 6.07) is 6.88. The third-order valence-electron chi connectivity index (χ3n) is 2.13. The van der Waals surface area contributed by atoms with Crippen molar-refractivity contribution >= 4 is 0 Å². The summed E-state index contributed by atoms with van der Waals surface area (Å²) in [6.45, 7) is -1.15. The molecule has 0 bridgehead atoms. The molecule has 0 fully saturated rings. The minimum Gasteiger partial charge on any atom is -0.494 e. The quantitative estimate of drug-likeness (QED) is 0.645. The summed E-state index contributed by atoms with van der Waals surface area (Å²) in [5, 5.41) is 8.54. The van der Waals surface area contributed by atoms with Crippen LogP contribution < -0.4 is 4.74 Å². The molecule has 1 N–H and O–H groups in total. The summed E-state index contributed by atoms with van der Waals surface area (Å²) in [6.07, 6.45) is -3.91. The monoisotopic (exact) mass is 288 g/mol. The Morgan fingerprint density at radius 2 is 1.80 bits per heavy atom. The number of hydrogen-bond acceptors (Lipinski definition) is 3. The summed E-state index contributed by atoms with van der Waals surface area (Å²) in [5.74, 6) is 5.86. The third kappa shape index (κ3) is 7.67. The molecule has 0 aromatic heterocycles. The van der Waals surface area contributed by atoms with Gasteiger partial charge < -0.3 is 14.6 Å². The zero-order chi connectivity index (χ0) is 14.8. The number of aliphatic hydroxyl groups is 1. The lowest BCUT2D eigenvalue weighted by Crippen LogP contribution is -2.18. The van der Waals surface area contributed by atoms with Gasteiger partial charge >= 0.3 is 6.18 Å². The lowest BCUT2D eigenvalue weighted by molar-refractivity contribution is -0.174. The first-order valence-electron chi connectivity index (χ1n) is 5.98. The van der Waals surface area contributed by atoms with Crippen LogP contribution in [0.5, 0.6) is 5.75 Å². The smallest absolute Gasteiger partial charge is 0.411 e. The molecule has 1 aromatic carbocycles. The maximum absolute atomic E-state index is 11.8. The summed E-state index contributed by atoms with van der Waals surface area (Å²) < 4.78 is 45.1. The van der Waals surface area contributed by atoms with Crippen molar-refractivity contribution < 1.29 is 27.8 Å². The van der Waals surface area contributed by atoms with E-state index in [1.54, 1.807) is 24.3 Å². The van der Waals surface area contributed by atoms with E-state index in [0.29, 0.717) is 12.2 Å². The van der Waals surface area contributed by atoms with Crippen LogP contribution in [0.3, 0.4) is 0 Å². The van der Waals surface area contributed by atoms with Crippen molar-refractivity contribution in [2.45, 2.75) is 12.6 Å². The van der Waals surface area contributed by atoms with Gasteiger partial charge in [-0.05, 0) is 24.3 Å². The topological polar surface area (TPSA) is 38.7 Å². The average molecular weight is 288 g/mol. The Morgan fingerprint density at radius 1 is 1.10 bits per heavy atom. The van der Waals surface area contributed by atoms with Crippen molar-refractivity contribution in [3.63, 3.8) is 0 Å². The molecule has 0 aliphatic heterocycles. The van der Waals surface area contributed by atoms with E-state index in [1.807, 2.05) is 0 Å². The molecular weight excluding hydrogens is 273 g/mol. The summed E-state index contributed by atoms with van der Waals surface area (Å²) in [4.78, 5) is 0. The minimum absolute atomic E-state index is 0.000427. The summed E-state index contributed by atoms with van der Waals surface area (Å²) >= 11 is 0. The second kappa shape index (κ2) is 8.46. The number of aliphatic hydroxyl groups excluding tert-OH is 1. The largest absolute Gasteiger partial charge is 0.494 e. The molecule has 0 amide bonds. The van der Waals surface area contributed by atoms with Crippen molar-refractivity contribution in [1.82, 2.24) is 0 Å². The van der Waals surface area contributed by atoms with Crippen LogP contribution in [-0.4, -0.2) is 37.7 Å². The maximum Gasteiger partial charge on any atom is 0.411 e. The molecule has 1 rings (SSSR count). The Kier molecular flexibility index (Phi) is 6.91. The first kappa shape index (κ1) is 16.3. The van der Waals surface area contributed by atoms with Crippen LogP contribution in [0.4, 0.5) is 13.2 Å². The highest BCUT2D eigenvalue weighted by Crippen LogP contribution is 2.15. The van der Waals surface area contributed by atoms with E-state index < -0.39 is 12.8 Å². The van der Waals surface area contributed by atoms with Gasteiger partial charge in [-0.25, -0.2) is 0 Å². The van der Waals surface area contributed by atoms with Crippen LogP contribution in [0, 0.1) is 11.8 Å². The molecule has 0 aliphatic rings. The molecule has 0 spiro atoms. The number of ether oxygens (including phenoxy) is 2.